The van der Waals surface area contributed by atoms with E-state index in [4.69, 9.17) is 4.74 Å². The summed E-state index contributed by atoms with van der Waals surface area (Å²) in [6.07, 6.45) is 3.47. The normalized spacial score (nSPS) is 24.2. The minimum Gasteiger partial charge on any atom is -0.378 e. The Labute approximate surface area is 111 Å². The maximum absolute atomic E-state index is 11.7. The Hall–Kier alpha value is -0.610. The van der Waals surface area contributed by atoms with E-state index in [9.17, 15) is 4.79 Å². The molecule has 2 unspecified atom stereocenters. The van der Waals surface area contributed by atoms with Gasteiger partial charge < -0.3 is 15.4 Å². The zero-order valence-electron chi connectivity index (χ0n) is 12.2. The highest BCUT2D eigenvalue weighted by atomic mass is 16.5. The Balaban J connectivity index is 2.19. The van der Waals surface area contributed by atoms with E-state index in [0.717, 1.165) is 32.4 Å². The fourth-order valence-electron chi connectivity index (χ4n) is 2.26. The van der Waals surface area contributed by atoms with Gasteiger partial charge in [0.2, 0.25) is 5.91 Å². The van der Waals surface area contributed by atoms with E-state index in [1.165, 1.54) is 0 Å². The third kappa shape index (κ3) is 4.94. The van der Waals surface area contributed by atoms with Crippen LogP contribution in [0.2, 0.25) is 0 Å². The number of nitrogens with one attached hydrogen (secondary N) is 2. The average Bonchev–Trinajstić information content (AvgIpc) is 2.76. The van der Waals surface area contributed by atoms with Crippen LogP contribution in [0.3, 0.4) is 0 Å². The Morgan fingerprint density at radius 2 is 2.11 bits per heavy atom. The third-order valence-corrected chi connectivity index (χ3v) is 3.80. The molecule has 0 aromatic rings. The summed E-state index contributed by atoms with van der Waals surface area (Å²) in [6.45, 7) is 10.5. The Bertz CT molecular complexity index is 267. The van der Waals surface area contributed by atoms with Crippen molar-refractivity contribution in [3.8, 4) is 0 Å². The average molecular weight is 256 g/mol. The van der Waals surface area contributed by atoms with E-state index in [0.29, 0.717) is 18.6 Å². The van der Waals surface area contributed by atoms with E-state index < -0.39 is 0 Å². The van der Waals surface area contributed by atoms with Crippen LogP contribution in [0.5, 0.6) is 0 Å². The summed E-state index contributed by atoms with van der Waals surface area (Å²) in [5.41, 5.74) is -0.110. The minimum absolute atomic E-state index is 0.0776. The monoisotopic (exact) mass is 256 g/mol. The second-order valence-corrected chi connectivity index (χ2v) is 5.78. The smallest absolute Gasteiger partial charge is 0.234 e. The molecule has 1 amide bonds. The molecule has 0 aromatic heterocycles. The maximum atomic E-state index is 11.7. The molecule has 1 saturated heterocycles. The second kappa shape index (κ2) is 7.10. The summed E-state index contributed by atoms with van der Waals surface area (Å²) in [6, 6.07) is 0. The number of carbonyl (C=O) groups excluding carboxylic acids is 1. The van der Waals surface area contributed by atoms with Crippen LogP contribution >= 0.6 is 0 Å². The van der Waals surface area contributed by atoms with Gasteiger partial charge in [0.05, 0.1) is 12.6 Å². The first-order valence-corrected chi connectivity index (χ1v) is 7.12. The first kappa shape index (κ1) is 15.4. The lowest BCUT2D eigenvalue weighted by Crippen LogP contribution is -2.47. The highest BCUT2D eigenvalue weighted by Gasteiger charge is 2.26. The van der Waals surface area contributed by atoms with E-state index in [1.54, 1.807) is 0 Å². The van der Waals surface area contributed by atoms with Crippen molar-refractivity contribution in [3.05, 3.63) is 0 Å². The van der Waals surface area contributed by atoms with Crippen LogP contribution in [0, 0.1) is 5.92 Å². The van der Waals surface area contributed by atoms with Gasteiger partial charge in [0.1, 0.15) is 0 Å². The van der Waals surface area contributed by atoms with Gasteiger partial charge in [-0.3, -0.25) is 4.79 Å². The first-order chi connectivity index (χ1) is 8.48. The van der Waals surface area contributed by atoms with Crippen molar-refractivity contribution >= 4 is 5.91 Å². The van der Waals surface area contributed by atoms with Crippen LogP contribution in [0.4, 0.5) is 0 Å². The molecule has 0 aromatic carbocycles. The third-order valence-electron chi connectivity index (χ3n) is 3.80. The standard InChI is InChI=1S/C14H28N2O2/c1-5-12-11(7-8-18-12)9-15-10-13(17)16-14(3,4)6-2/h11-12,15H,5-10H2,1-4H3,(H,16,17). The molecule has 0 spiro atoms. The molecular formula is C14H28N2O2. The highest BCUT2D eigenvalue weighted by molar-refractivity contribution is 5.78. The molecule has 4 nitrogen and oxygen atoms in total. The molecule has 0 radical (unpaired) electrons. The summed E-state index contributed by atoms with van der Waals surface area (Å²) in [4.78, 5) is 11.7. The van der Waals surface area contributed by atoms with Crippen LogP contribution in [-0.4, -0.2) is 37.2 Å². The van der Waals surface area contributed by atoms with Gasteiger partial charge in [0.25, 0.3) is 0 Å². The molecule has 0 aliphatic carbocycles. The van der Waals surface area contributed by atoms with Crippen LogP contribution in [-0.2, 0) is 9.53 Å². The molecule has 0 bridgehead atoms. The van der Waals surface area contributed by atoms with Crippen molar-refractivity contribution in [1.29, 1.82) is 0 Å². The van der Waals surface area contributed by atoms with Crippen LogP contribution in [0.15, 0.2) is 0 Å². The molecule has 1 aliphatic heterocycles. The van der Waals surface area contributed by atoms with Crippen LogP contribution < -0.4 is 10.6 Å². The van der Waals surface area contributed by atoms with Gasteiger partial charge in [0.15, 0.2) is 0 Å². The lowest BCUT2D eigenvalue weighted by Gasteiger charge is -2.25. The lowest BCUT2D eigenvalue weighted by atomic mass is 9.99. The summed E-state index contributed by atoms with van der Waals surface area (Å²) in [7, 11) is 0. The van der Waals surface area contributed by atoms with E-state index in [-0.39, 0.29) is 11.4 Å². The highest BCUT2D eigenvalue weighted by Crippen LogP contribution is 2.22. The van der Waals surface area contributed by atoms with Gasteiger partial charge >= 0.3 is 0 Å². The maximum Gasteiger partial charge on any atom is 0.234 e. The predicted molar refractivity (Wildman–Crippen MR) is 73.5 cm³/mol. The molecule has 1 fully saturated rings. The molecule has 106 valence electrons. The van der Waals surface area contributed by atoms with E-state index in [2.05, 4.69) is 24.5 Å². The largest absolute Gasteiger partial charge is 0.378 e. The SMILES string of the molecule is CCC1OCCC1CNCC(=O)NC(C)(C)CC. The summed E-state index contributed by atoms with van der Waals surface area (Å²) in [5.74, 6) is 0.635. The second-order valence-electron chi connectivity index (χ2n) is 5.78. The number of hydrogen-bond acceptors (Lipinski definition) is 3. The Morgan fingerprint density at radius 3 is 2.72 bits per heavy atom. The Morgan fingerprint density at radius 1 is 1.39 bits per heavy atom. The first-order valence-electron chi connectivity index (χ1n) is 7.12. The molecule has 1 rings (SSSR count). The predicted octanol–water partition coefficient (Wildman–Crippen LogP) is 1.70. The molecule has 0 saturated carbocycles. The molecule has 4 heteroatoms. The number of rotatable bonds is 7. The van der Waals surface area contributed by atoms with Gasteiger partial charge in [-0.2, -0.15) is 0 Å². The van der Waals surface area contributed by atoms with Crippen molar-refractivity contribution in [2.24, 2.45) is 5.92 Å². The lowest BCUT2D eigenvalue weighted by molar-refractivity contribution is -0.121. The molecular weight excluding hydrogens is 228 g/mol. The number of amides is 1. The fraction of sp³-hybridized carbons (Fsp3) is 0.929. The van der Waals surface area contributed by atoms with Crippen LogP contribution in [0.1, 0.15) is 47.0 Å². The molecule has 2 N–H and O–H groups in total. The van der Waals surface area contributed by atoms with Crippen molar-refractivity contribution < 1.29 is 9.53 Å². The van der Waals surface area contributed by atoms with Gasteiger partial charge in [0, 0.05) is 18.7 Å². The summed E-state index contributed by atoms with van der Waals surface area (Å²) in [5, 5.41) is 6.27. The zero-order valence-corrected chi connectivity index (χ0v) is 12.2. The number of ether oxygens (including phenoxy) is 1. The van der Waals surface area contributed by atoms with Crippen LogP contribution in [0.25, 0.3) is 0 Å². The van der Waals surface area contributed by atoms with Gasteiger partial charge in [-0.05, 0) is 39.0 Å². The van der Waals surface area contributed by atoms with Crippen molar-refractivity contribution in [2.45, 2.75) is 58.6 Å². The topological polar surface area (TPSA) is 50.4 Å². The van der Waals surface area contributed by atoms with E-state index >= 15 is 0 Å². The molecule has 2 atom stereocenters. The minimum atomic E-state index is -0.110. The molecule has 1 heterocycles. The van der Waals surface area contributed by atoms with Crippen molar-refractivity contribution in [2.75, 3.05) is 19.7 Å². The summed E-state index contributed by atoms with van der Waals surface area (Å²) >= 11 is 0. The number of carbonyl (C=O) groups is 1. The quantitative estimate of drug-likeness (QED) is 0.729. The van der Waals surface area contributed by atoms with Crippen molar-refractivity contribution in [3.63, 3.8) is 0 Å². The summed E-state index contributed by atoms with van der Waals surface area (Å²) < 4.78 is 5.63. The van der Waals surface area contributed by atoms with E-state index in [1.807, 2.05) is 13.8 Å². The van der Waals surface area contributed by atoms with Gasteiger partial charge in [-0.1, -0.05) is 13.8 Å². The fourth-order valence-corrected chi connectivity index (χ4v) is 2.26. The molecule has 18 heavy (non-hydrogen) atoms. The number of hydrogen-bond donors (Lipinski definition) is 2. The van der Waals surface area contributed by atoms with Gasteiger partial charge in [-0.25, -0.2) is 0 Å². The molecule has 1 aliphatic rings. The zero-order chi connectivity index (χ0) is 13.6. The van der Waals surface area contributed by atoms with Crippen molar-refractivity contribution in [1.82, 2.24) is 10.6 Å². The van der Waals surface area contributed by atoms with Gasteiger partial charge in [-0.15, -0.1) is 0 Å². The Kier molecular flexibility index (Phi) is 6.09.